The molecule has 0 bridgehead atoms. The first-order chi connectivity index (χ1) is 10.1. The molecule has 2 rings (SSSR count). The summed E-state index contributed by atoms with van der Waals surface area (Å²) in [5.41, 5.74) is 0.223. The van der Waals surface area contributed by atoms with Crippen LogP contribution in [0.25, 0.3) is 0 Å². The van der Waals surface area contributed by atoms with Crippen LogP contribution >= 0.6 is 0 Å². The summed E-state index contributed by atoms with van der Waals surface area (Å²) in [6.45, 7) is 0.823. The van der Waals surface area contributed by atoms with Crippen molar-refractivity contribution in [1.29, 1.82) is 0 Å². The first-order valence-electron chi connectivity index (χ1n) is 6.13. The third-order valence-electron chi connectivity index (χ3n) is 2.74. The van der Waals surface area contributed by atoms with Crippen LogP contribution in [0.15, 0.2) is 30.9 Å². The molecule has 110 valence electrons. The summed E-state index contributed by atoms with van der Waals surface area (Å²) in [4.78, 5) is 26.8. The van der Waals surface area contributed by atoms with E-state index in [2.05, 4.69) is 15.4 Å². The van der Waals surface area contributed by atoms with Crippen molar-refractivity contribution in [3.8, 4) is 5.75 Å². The predicted molar refractivity (Wildman–Crippen MR) is 72.3 cm³/mol. The highest BCUT2D eigenvalue weighted by molar-refractivity contribution is 5.98. The van der Waals surface area contributed by atoms with E-state index in [0.29, 0.717) is 18.8 Å². The van der Waals surface area contributed by atoms with Crippen molar-refractivity contribution in [2.45, 2.75) is 6.54 Å². The standard InChI is InChI=1S/C13H14N4O4/c1-21-11-5-9(4-10(6-11)13(19)20)12(18)15-2-3-17-8-14-7-16-17/h4-8H,2-3H2,1H3,(H,15,18)(H,19,20). The third-order valence-corrected chi connectivity index (χ3v) is 2.74. The van der Waals surface area contributed by atoms with E-state index in [-0.39, 0.29) is 17.0 Å². The van der Waals surface area contributed by atoms with Crippen LogP contribution in [0.1, 0.15) is 20.7 Å². The van der Waals surface area contributed by atoms with Crippen molar-refractivity contribution in [2.24, 2.45) is 0 Å². The van der Waals surface area contributed by atoms with Crippen molar-refractivity contribution >= 4 is 11.9 Å². The number of aromatic nitrogens is 3. The molecular formula is C13H14N4O4. The Hall–Kier alpha value is -2.90. The number of hydrogen-bond acceptors (Lipinski definition) is 5. The Morgan fingerprint density at radius 1 is 1.33 bits per heavy atom. The number of nitrogens with one attached hydrogen (secondary N) is 1. The SMILES string of the molecule is COc1cc(C(=O)O)cc(C(=O)NCCn2cncn2)c1. The summed E-state index contributed by atoms with van der Waals surface area (Å²) in [5, 5.41) is 15.6. The highest BCUT2D eigenvalue weighted by Gasteiger charge is 2.12. The average Bonchev–Trinajstić information content (AvgIpc) is 2.99. The van der Waals surface area contributed by atoms with Crippen LogP contribution in [0.5, 0.6) is 5.75 Å². The summed E-state index contributed by atoms with van der Waals surface area (Å²) >= 11 is 0. The van der Waals surface area contributed by atoms with E-state index < -0.39 is 5.97 Å². The van der Waals surface area contributed by atoms with Crippen molar-refractivity contribution in [3.63, 3.8) is 0 Å². The molecule has 0 aliphatic carbocycles. The number of aromatic carboxylic acids is 1. The second-order valence-electron chi connectivity index (χ2n) is 4.17. The minimum Gasteiger partial charge on any atom is -0.497 e. The number of amides is 1. The molecule has 0 atom stereocenters. The Morgan fingerprint density at radius 3 is 2.71 bits per heavy atom. The Labute approximate surface area is 120 Å². The number of carboxylic acid groups (broad SMARTS) is 1. The molecular weight excluding hydrogens is 276 g/mol. The minimum absolute atomic E-state index is 0.00391. The van der Waals surface area contributed by atoms with E-state index >= 15 is 0 Å². The molecule has 8 heteroatoms. The number of carbonyl (C=O) groups excluding carboxylic acids is 1. The molecule has 0 spiro atoms. The van der Waals surface area contributed by atoms with Crippen molar-refractivity contribution < 1.29 is 19.4 Å². The number of carboxylic acids is 1. The van der Waals surface area contributed by atoms with Gasteiger partial charge in [0, 0.05) is 12.1 Å². The van der Waals surface area contributed by atoms with Crippen molar-refractivity contribution in [3.05, 3.63) is 42.0 Å². The number of methoxy groups -OCH3 is 1. The molecule has 0 saturated carbocycles. The summed E-state index contributed by atoms with van der Waals surface area (Å²) < 4.78 is 6.57. The van der Waals surface area contributed by atoms with Crippen LogP contribution in [0.2, 0.25) is 0 Å². The molecule has 0 saturated heterocycles. The lowest BCUT2D eigenvalue weighted by Crippen LogP contribution is -2.27. The second kappa shape index (κ2) is 6.51. The first kappa shape index (κ1) is 14.5. The van der Waals surface area contributed by atoms with Gasteiger partial charge in [0.05, 0.1) is 19.2 Å². The average molecular weight is 290 g/mol. The van der Waals surface area contributed by atoms with E-state index in [1.807, 2.05) is 0 Å². The van der Waals surface area contributed by atoms with Gasteiger partial charge in [-0.2, -0.15) is 5.10 Å². The fourth-order valence-electron chi connectivity index (χ4n) is 1.71. The van der Waals surface area contributed by atoms with Gasteiger partial charge in [-0.15, -0.1) is 0 Å². The molecule has 1 aromatic carbocycles. The van der Waals surface area contributed by atoms with Gasteiger partial charge in [0.2, 0.25) is 0 Å². The van der Waals surface area contributed by atoms with Gasteiger partial charge in [-0.3, -0.25) is 9.48 Å². The largest absolute Gasteiger partial charge is 0.497 e. The number of carbonyl (C=O) groups is 2. The van der Waals surface area contributed by atoms with Crippen LogP contribution in [-0.2, 0) is 6.54 Å². The first-order valence-corrected chi connectivity index (χ1v) is 6.13. The Bertz CT molecular complexity index is 640. The van der Waals surface area contributed by atoms with Gasteiger partial charge >= 0.3 is 5.97 Å². The van der Waals surface area contributed by atoms with Crippen LogP contribution in [0.4, 0.5) is 0 Å². The van der Waals surface area contributed by atoms with Gasteiger partial charge in [-0.25, -0.2) is 9.78 Å². The number of hydrogen-bond donors (Lipinski definition) is 2. The van der Waals surface area contributed by atoms with E-state index in [4.69, 9.17) is 9.84 Å². The molecule has 0 aliphatic rings. The molecule has 1 amide bonds. The normalized spacial score (nSPS) is 10.1. The molecule has 0 unspecified atom stereocenters. The molecule has 2 aromatic rings. The van der Waals surface area contributed by atoms with Crippen LogP contribution < -0.4 is 10.1 Å². The highest BCUT2D eigenvalue weighted by atomic mass is 16.5. The monoisotopic (exact) mass is 290 g/mol. The zero-order valence-electron chi connectivity index (χ0n) is 11.3. The fraction of sp³-hybridized carbons (Fsp3) is 0.231. The highest BCUT2D eigenvalue weighted by Crippen LogP contribution is 2.17. The van der Waals surface area contributed by atoms with Gasteiger partial charge in [0.1, 0.15) is 18.4 Å². The minimum atomic E-state index is -1.12. The van der Waals surface area contributed by atoms with E-state index in [1.165, 1.54) is 31.6 Å². The predicted octanol–water partition coefficient (Wildman–Crippen LogP) is 0.415. The van der Waals surface area contributed by atoms with Crippen LogP contribution in [0, 0.1) is 0 Å². The number of ether oxygens (including phenoxy) is 1. The van der Waals surface area contributed by atoms with E-state index in [9.17, 15) is 9.59 Å². The Kier molecular flexibility index (Phi) is 4.50. The second-order valence-corrected chi connectivity index (χ2v) is 4.17. The zero-order chi connectivity index (χ0) is 15.2. The number of rotatable bonds is 6. The van der Waals surface area contributed by atoms with Crippen LogP contribution in [-0.4, -0.2) is 45.4 Å². The molecule has 0 aliphatic heterocycles. The molecule has 1 heterocycles. The topological polar surface area (TPSA) is 106 Å². The lowest BCUT2D eigenvalue weighted by molar-refractivity contribution is 0.0696. The molecule has 1 aromatic heterocycles. The smallest absolute Gasteiger partial charge is 0.335 e. The summed E-state index contributed by atoms with van der Waals surface area (Å²) in [7, 11) is 1.41. The molecule has 2 N–H and O–H groups in total. The molecule has 0 radical (unpaired) electrons. The Morgan fingerprint density at radius 2 is 2.10 bits per heavy atom. The van der Waals surface area contributed by atoms with Gasteiger partial charge < -0.3 is 15.2 Å². The quantitative estimate of drug-likeness (QED) is 0.798. The maximum absolute atomic E-state index is 12.0. The van der Waals surface area contributed by atoms with E-state index in [0.717, 1.165) is 0 Å². The van der Waals surface area contributed by atoms with Gasteiger partial charge in [-0.1, -0.05) is 0 Å². The van der Waals surface area contributed by atoms with Gasteiger partial charge in [-0.05, 0) is 18.2 Å². The molecule has 8 nitrogen and oxygen atoms in total. The lowest BCUT2D eigenvalue weighted by atomic mass is 10.1. The van der Waals surface area contributed by atoms with Gasteiger partial charge in [0.15, 0.2) is 0 Å². The summed E-state index contributed by atoms with van der Waals surface area (Å²) in [5.74, 6) is -1.18. The lowest BCUT2D eigenvalue weighted by Gasteiger charge is -2.08. The summed E-state index contributed by atoms with van der Waals surface area (Å²) in [6.07, 6.45) is 2.95. The molecule has 0 fully saturated rings. The van der Waals surface area contributed by atoms with E-state index in [1.54, 1.807) is 11.0 Å². The summed E-state index contributed by atoms with van der Waals surface area (Å²) in [6, 6.07) is 4.14. The Balaban J connectivity index is 2.04. The van der Waals surface area contributed by atoms with Crippen LogP contribution in [0.3, 0.4) is 0 Å². The maximum Gasteiger partial charge on any atom is 0.335 e. The zero-order valence-corrected chi connectivity index (χ0v) is 11.3. The van der Waals surface area contributed by atoms with Crippen molar-refractivity contribution in [2.75, 3.05) is 13.7 Å². The van der Waals surface area contributed by atoms with Gasteiger partial charge in [0.25, 0.3) is 5.91 Å². The number of nitrogens with zero attached hydrogens (tertiary/aromatic N) is 3. The third kappa shape index (κ3) is 3.78. The number of benzene rings is 1. The fourth-order valence-corrected chi connectivity index (χ4v) is 1.71. The maximum atomic E-state index is 12.0. The molecule has 21 heavy (non-hydrogen) atoms. The van der Waals surface area contributed by atoms with Crippen molar-refractivity contribution in [1.82, 2.24) is 20.1 Å².